The van der Waals surface area contributed by atoms with Crippen LogP contribution in [0.4, 0.5) is 22.0 Å². The number of ether oxygens (including phenoxy) is 1. The van der Waals surface area contributed by atoms with Crippen molar-refractivity contribution in [1.82, 2.24) is 0 Å². The molecule has 0 amide bonds. The summed E-state index contributed by atoms with van der Waals surface area (Å²) in [5.41, 5.74) is -0.466. The maximum Gasteiger partial charge on any atom is 0.494 e. The average molecular weight is 352 g/mol. The topological polar surface area (TPSA) is 27.7 Å². The molecule has 24 heavy (non-hydrogen) atoms. The molecule has 134 valence electrons. The van der Waals surface area contributed by atoms with Gasteiger partial charge in [-0.2, -0.15) is 22.0 Å². The van der Waals surface area contributed by atoms with Crippen molar-refractivity contribution in [1.29, 1.82) is 0 Å². The highest BCUT2D eigenvalue weighted by Crippen LogP contribution is 2.37. The molecule has 1 aliphatic rings. The molecular weight excluding hydrogens is 334 g/mol. The van der Waals surface area contributed by atoms with Crippen LogP contribution in [0, 0.1) is 0 Å². The number of alkyl halides is 5. The molecule has 3 nitrogen and oxygen atoms in total. The SMILES string of the molecule is CC1(C)OB(c2ccc(OCC(F)(F)C(F)(F)F)cc2)OC1(C)C. The molecule has 1 aromatic carbocycles. The molecule has 0 aromatic heterocycles. The summed E-state index contributed by atoms with van der Waals surface area (Å²) >= 11 is 0. The summed E-state index contributed by atoms with van der Waals surface area (Å²) < 4.78 is 78.1. The zero-order valence-corrected chi connectivity index (χ0v) is 13.7. The lowest BCUT2D eigenvalue weighted by Gasteiger charge is -2.32. The Morgan fingerprint density at radius 1 is 0.917 bits per heavy atom. The minimum atomic E-state index is -5.64. The molecule has 2 rings (SSSR count). The molecule has 0 saturated carbocycles. The molecule has 1 fully saturated rings. The highest BCUT2D eigenvalue weighted by Gasteiger charge is 2.58. The van der Waals surface area contributed by atoms with Crippen molar-refractivity contribution in [2.24, 2.45) is 0 Å². The van der Waals surface area contributed by atoms with Crippen molar-refractivity contribution in [3.63, 3.8) is 0 Å². The quantitative estimate of drug-likeness (QED) is 0.613. The van der Waals surface area contributed by atoms with E-state index in [0.29, 0.717) is 5.46 Å². The van der Waals surface area contributed by atoms with E-state index in [1.54, 1.807) is 0 Å². The Morgan fingerprint density at radius 3 is 1.79 bits per heavy atom. The second-order valence-corrected chi connectivity index (χ2v) is 6.65. The molecule has 1 heterocycles. The Morgan fingerprint density at radius 2 is 1.38 bits per heavy atom. The summed E-state index contributed by atoms with van der Waals surface area (Å²) in [5.74, 6) is -5.00. The van der Waals surface area contributed by atoms with Crippen LogP contribution in [0.25, 0.3) is 0 Å². The van der Waals surface area contributed by atoms with Gasteiger partial charge in [0.05, 0.1) is 11.2 Å². The predicted molar refractivity (Wildman–Crippen MR) is 78.7 cm³/mol. The van der Waals surface area contributed by atoms with Crippen molar-refractivity contribution in [3.8, 4) is 5.75 Å². The Hall–Kier alpha value is -1.35. The smallest absolute Gasteiger partial charge is 0.487 e. The summed E-state index contributed by atoms with van der Waals surface area (Å²) in [4.78, 5) is 0. The van der Waals surface area contributed by atoms with Gasteiger partial charge < -0.3 is 14.0 Å². The first-order valence-corrected chi connectivity index (χ1v) is 7.28. The molecule has 1 aliphatic heterocycles. The summed E-state index contributed by atoms with van der Waals surface area (Å²) in [6, 6.07) is 5.60. The minimum Gasteiger partial charge on any atom is -0.487 e. The molecule has 0 radical (unpaired) electrons. The lowest BCUT2D eigenvalue weighted by atomic mass is 9.79. The molecule has 0 spiro atoms. The van der Waals surface area contributed by atoms with Crippen LogP contribution in [0.3, 0.4) is 0 Å². The van der Waals surface area contributed by atoms with Crippen molar-refractivity contribution in [3.05, 3.63) is 24.3 Å². The maximum absolute atomic E-state index is 12.8. The van der Waals surface area contributed by atoms with Gasteiger partial charge in [-0.3, -0.25) is 0 Å². The van der Waals surface area contributed by atoms with Gasteiger partial charge in [-0.15, -0.1) is 0 Å². The van der Waals surface area contributed by atoms with Crippen molar-refractivity contribution in [2.75, 3.05) is 6.61 Å². The minimum absolute atomic E-state index is 0.0980. The Kier molecular flexibility index (Phi) is 4.65. The lowest BCUT2D eigenvalue weighted by molar-refractivity contribution is -0.290. The van der Waals surface area contributed by atoms with Gasteiger partial charge in [-0.1, -0.05) is 12.1 Å². The summed E-state index contributed by atoms with van der Waals surface area (Å²) in [6.07, 6.45) is -5.64. The van der Waals surface area contributed by atoms with Gasteiger partial charge in [0.25, 0.3) is 0 Å². The van der Waals surface area contributed by atoms with E-state index in [-0.39, 0.29) is 5.75 Å². The normalized spacial score (nSPS) is 20.3. The van der Waals surface area contributed by atoms with Crippen LogP contribution in [0.5, 0.6) is 5.75 Å². The summed E-state index contributed by atoms with van der Waals surface area (Å²) in [5, 5.41) is 0. The van der Waals surface area contributed by atoms with Crippen LogP contribution in [0.2, 0.25) is 0 Å². The average Bonchev–Trinajstić information content (AvgIpc) is 2.65. The van der Waals surface area contributed by atoms with E-state index < -0.39 is 37.0 Å². The highest BCUT2D eigenvalue weighted by molar-refractivity contribution is 6.62. The van der Waals surface area contributed by atoms with E-state index in [4.69, 9.17) is 9.31 Å². The molecular formula is C15H18BF5O3. The van der Waals surface area contributed by atoms with Crippen LogP contribution in [0.1, 0.15) is 27.7 Å². The van der Waals surface area contributed by atoms with E-state index in [0.717, 1.165) is 0 Å². The zero-order valence-electron chi connectivity index (χ0n) is 13.7. The van der Waals surface area contributed by atoms with Crippen LogP contribution in [-0.2, 0) is 9.31 Å². The van der Waals surface area contributed by atoms with Gasteiger partial charge in [0.1, 0.15) is 5.75 Å². The molecule has 0 N–H and O–H groups in total. The van der Waals surface area contributed by atoms with Crippen LogP contribution < -0.4 is 10.2 Å². The second kappa shape index (κ2) is 5.88. The molecule has 1 aromatic rings. The van der Waals surface area contributed by atoms with Gasteiger partial charge in [-0.25, -0.2) is 0 Å². The third-order valence-electron chi connectivity index (χ3n) is 4.24. The van der Waals surface area contributed by atoms with E-state index in [9.17, 15) is 22.0 Å². The standard InChI is InChI=1S/C15H18BF5O3/c1-12(2)13(3,4)24-16(23-12)10-5-7-11(8-6-10)22-9-14(17,18)15(19,20)21/h5-8H,9H2,1-4H3. The fourth-order valence-electron chi connectivity index (χ4n) is 1.96. The predicted octanol–water partition coefficient (Wildman–Crippen LogP) is 3.56. The molecule has 9 heteroatoms. The Bertz CT molecular complexity index is 568. The zero-order chi connectivity index (χ0) is 18.4. The van der Waals surface area contributed by atoms with E-state index in [2.05, 4.69) is 4.74 Å². The fourth-order valence-corrected chi connectivity index (χ4v) is 1.96. The van der Waals surface area contributed by atoms with Gasteiger partial charge in [0.2, 0.25) is 0 Å². The van der Waals surface area contributed by atoms with Gasteiger partial charge in [0, 0.05) is 0 Å². The van der Waals surface area contributed by atoms with Gasteiger partial charge in [-0.05, 0) is 45.3 Å². The highest BCUT2D eigenvalue weighted by atomic mass is 19.4. The number of benzene rings is 1. The maximum atomic E-state index is 12.8. The number of rotatable bonds is 4. The Labute approximate surface area is 137 Å². The van der Waals surface area contributed by atoms with Crippen molar-refractivity contribution < 1.29 is 36.0 Å². The second-order valence-electron chi connectivity index (χ2n) is 6.65. The third kappa shape index (κ3) is 3.67. The molecule has 0 unspecified atom stereocenters. The number of halogens is 5. The number of hydrogen-bond donors (Lipinski definition) is 0. The van der Waals surface area contributed by atoms with Crippen LogP contribution in [-0.4, -0.2) is 37.0 Å². The van der Waals surface area contributed by atoms with E-state index in [1.165, 1.54) is 24.3 Å². The largest absolute Gasteiger partial charge is 0.494 e. The first-order valence-electron chi connectivity index (χ1n) is 7.28. The van der Waals surface area contributed by atoms with E-state index in [1.807, 2.05) is 27.7 Å². The monoisotopic (exact) mass is 352 g/mol. The van der Waals surface area contributed by atoms with E-state index >= 15 is 0 Å². The Balaban J connectivity index is 2.02. The number of hydrogen-bond acceptors (Lipinski definition) is 3. The molecule has 0 bridgehead atoms. The molecule has 0 atom stereocenters. The van der Waals surface area contributed by atoms with Crippen LogP contribution in [0.15, 0.2) is 24.3 Å². The molecule has 0 aliphatic carbocycles. The van der Waals surface area contributed by atoms with Gasteiger partial charge >= 0.3 is 19.2 Å². The first-order chi connectivity index (χ1) is 10.8. The fraction of sp³-hybridized carbons (Fsp3) is 0.600. The lowest BCUT2D eigenvalue weighted by Crippen LogP contribution is -2.41. The third-order valence-corrected chi connectivity index (χ3v) is 4.24. The van der Waals surface area contributed by atoms with Gasteiger partial charge in [0.15, 0.2) is 6.61 Å². The molecule has 1 saturated heterocycles. The van der Waals surface area contributed by atoms with Crippen molar-refractivity contribution >= 4 is 12.6 Å². The van der Waals surface area contributed by atoms with Crippen LogP contribution >= 0.6 is 0 Å². The van der Waals surface area contributed by atoms with Crippen molar-refractivity contribution in [2.45, 2.75) is 51.0 Å². The first kappa shape index (κ1) is 19.0. The summed E-state index contributed by atoms with van der Waals surface area (Å²) in [7, 11) is -0.652. The summed E-state index contributed by atoms with van der Waals surface area (Å²) in [6.45, 7) is 5.74.